The van der Waals surface area contributed by atoms with Crippen molar-refractivity contribution >= 4 is 18.2 Å². The van der Waals surface area contributed by atoms with Crippen molar-refractivity contribution in [2.45, 2.75) is 0 Å². The molecule has 2 aliphatic heterocycles. The molecule has 0 saturated heterocycles. The number of nitrogens with zero attached hydrogens (tertiary/aromatic N) is 3. The lowest BCUT2D eigenvalue weighted by atomic mass is 10.1. The summed E-state index contributed by atoms with van der Waals surface area (Å²) >= 11 is 0. The van der Waals surface area contributed by atoms with E-state index < -0.39 is 0 Å². The van der Waals surface area contributed by atoms with Crippen molar-refractivity contribution in [1.29, 1.82) is 0 Å². The summed E-state index contributed by atoms with van der Waals surface area (Å²) in [6.45, 7) is 0. The molecule has 66 valence electrons. The standard InChI is InChI=1S/C10H5N3O/c14-10-4-1-6-7-5-11-13-9(7)3-2-8(6)12-10/h1-5H. The number of fused-ring (bicyclic) bond motifs is 3. The van der Waals surface area contributed by atoms with Crippen molar-refractivity contribution in [3.8, 4) is 0 Å². The summed E-state index contributed by atoms with van der Waals surface area (Å²) in [6, 6.07) is 3.60. The second kappa shape index (κ2) is 2.45. The Bertz CT molecular complexity index is 611. The molecule has 3 rings (SSSR count). The van der Waals surface area contributed by atoms with Crippen LogP contribution >= 0.6 is 0 Å². The fraction of sp³-hybridized carbons (Fsp3) is 0. The molecule has 0 spiro atoms. The molecule has 0 aromatic heterocycles. The number of hydrogen-bond acceptors (Lipinski definition) is 3. The van der Waals surface area contributed by atoms with Crippen molar-refractivity contribution < 1.29 is 4.79 Å². The Hall–Kier alpha value is -2.10. The van der Waals surface area contributed by atoms with Gasteiger partial charge in [-0.1, -0.05) is 0 Å². The molecule has 0 aliphatic carbocycles. The Balaban J connectivity index is 2.48. The first kappa shape index (κ1) is 7.32. The highest BCUT2D eigenvalue weighted by atomic mass is 16.1. The van der Waals surface area contributed by atoms with E-state index in [9.17, 15) is 4.79 Å². The Kier molecular flexibility index (Phi) is 1.28. The van der Waals surface area contributed by atoms with E-state index in [4.69, 9.17) is 0 Å². The van der Waals surface area contributed by atoms with E-state index in [0.717, 1.165) is 16.5 Å². The van der Waals surface area contributed by atoms with Gasteiger partial charge in [0, 0.05) is 17.2 Å². The highest BCUT2D eigenvalue weighted by Crippen LogP contribution is 2.05. The zero-order valence-corrected chi connectivity index (χ0v) is 7.14. The van der Waals surface area contributed by atoms with Crippen LogP contribution in [0.2, 0.25) is 0 Å². The molecule has 0 unspecified atom stereocenters. The quantitative estimate of drug-likeness (QED) is 0.550. The Labute approximate surface area is 79.0 Å². The second-order valence-corrected chi connectivity index (χ2v) is 3.06. The molecule has 4 heteroatoms. The predicted molar refractivity (Wildman–Crippen MR) is 50.4 cm³/mol. The van der Waals surface area contributed by atoms with Crippen molar-refractivity contribution in [2.75, 3.05) is 0 Å². The number of amides is 1. The predicted octanol–water partition coefficient (Wildman–Crippen LogP) is -0.173. The molecule has 0 radical (unpaired) electrons. The zero-order chi connectivity index (χ0) is 9.54. The molecular formula is C10H5N3O. The van der Waals surface area contributed by atoms with Gasteiger partial charge in [0.05, 0.1) is 16.9 Å². The van der Waals surface area contributed by atoms with Crippen LogP contribution in [-0.2, 0) is 4.79 Å². The summed E-state index contributed by atoms with van der Waals surface area (Å²) in [6.07, 6.45) is 4.90. The molecular weight excluding hydrogens is 178 g/mol. The molecule has 2 aliphatic rings. The lowest BCUT2D eigenvalue weighted by molar-refractivity contribution is -0.113. The maximum Gasteiger partial charge on any atom is 0.270 e. The lowest BCUT2D eigenvalue weighted by Gasteiger charge is -2.01. The summed E-state index contributed by atoms with van der Waals surface area (Å²) in [4.78, 5) is 14.9. The van der Waals surface area contributed by atoms with Gasteiger partial charge in [0.25, 0.3) is 5.91 Å². The zero-order valence-electron chi connectivity index (χ0n) is 7.14. The molecule has 1 aromatic rings. The molecule has 0 saturated carbocycles. The third kappa shape index (κ3) is 0.877. The topological polar surface area (TPSA) is 54.1 Å². The van der Waals surface area contributed by atoms with Gasteiger partial charge in [-0.15, -0.1) is 0 Å². The van der Waals surface area contributed by atoms with E-state index in [0.29, 0.717) is 5.36 Å². The number of hydrogen-bond donors (Lipinski definition) is 0. The van der Waals surface area contributed by atoms with Gasteiger partial charge in [0.1, 0.15) is 0 Å². The highest BCUT2D eigenvalue weighted by molar-refractivity contribution is 5.97. The summed E-state index contributed by atoms with van der Waals surface area (Å²) in [5.41, 5.74) is 1.86. The fourth-order valence-electron chi connectivity index (χ4n) is 1.57. The Morgan fingerprint density at radius 1 is 1.00 bits per heavy atom. The minimum Gasteiger partial charge on any atom is -0.267 e. The average molecular weight is 183 g/mol. The molecule has 0 bridgehead atoms. The third-order valence-corrected chi connectivity index (χ3v) is 2.22. The van der Waals surface area contributed by atoms with Crippen LogP contribution in [0, 0.1) is 0 Å². The van der Waals surface area contributed by atoms with Crippen LogP contribution in [0.5, 0.6) is 0 Å². The summed E-state index contributed by atoms with van der Waals surface area (Å²) in [7, 11) is 0. The van der Waals surface area contributed by atoms with E-state index >= 15 is 0 Å². The maximum absolute atomic E-state index is 11.0. The van der Waals surface area contributed by atoms with Crippen molar-refractivity contribution in [3.05, 3.63) is 40.1 Å². The van der Waals surface area contributed by atoms with E-state index in [1.54, 1.807) is 18.4 Å². The molecule has 0 atom stereocenters. The molecule has 0 fully saturated rings. The molecule has 2 heterocycles. The first-order valence-corrected chi connectivity index (χ1v) is 4.19. The highest BCUT2D eigenvalue weighted by Gasteiger charge is 2.10. The molecule has 0 N–H and O–H groups in total. The second-order valence-electron chi connectivity index (χ2n) is 3.06. The van der Waals surface area contributed by atoms with Gasteiger partial charge in [0.15, 0.2) is 0 Å². The minimum atomic E-state index is -0.218. The fourth-order valence-corrected chi connectivity index (χ4v) is 1.57. The average Bonchev–Trinajstić information content (AvgIpc) is 2.65. The van der Waals surface area contributed by atoms with Gasteiger partial charge in [-0.3, -0.25) is 4.79 Å². The number of rotatable bonds is 0. The Morgan fingerprint density at radius 3 is 2.79 bits per heavy atom. The van der Waals surface area contributed by atoms with E-state index in [-0.39, 0.29) is 5.91 Å². The number of carbonyl (C=O) groups is 1. The van der Waals surface area contributed by atoms with Gasteiger partial charge in [-0.05, 0) is 18.2 Å². The van der Waals surface area contributed by atoms with Gasteiger partial charge in [0.2, 0.25) is 0 Å². The summed E-state index contributed by atoms with van der Waals surface area (Å²) in [5.74, 6) is -0.218. The lowest BCUT2D eigenvalue weighted by Crippen LogP contribution is -2.20. The first-order chi connectivity index (χ1) is 6.84. The monoisotopic (exact) mass is 183 g/mol. The van der Waals surface area contributed by atoms with Crippen LogP contribution in [0.1, 0.15) is 11.1 Å². The smallest absolute Gasteiger partial charge is 0.267 e. The molecule has 14 heavy (non-hydrogen) atoms. The van der Waals surface area contributed by atoms with Crippen molar-refractivity contribution in [1.82, 2.24) is 0 Å². The van der Waals surface area contributed by atoms with Gasteiger partial charge in [-0.25, -0.2) is 4.99 Å². The summed E-state index contributed by atoms with van der Waals surface area (Å²) in [5, 5.41) is 9.28. The normalized spacial score (nSPS) is 15.9. The van der Waals surface area contributed by atoms with E-state index in [1.807, 2.05) is 6.07 Å². The van der Waals surface area contributed by atoms with Gasteiger partial charge < -0.3 is 0 Å². The van der Waals surface area contributed by atoms with Crippen LogP contribution in [-0.4, -0.2) is 12.1 Å². The molecule has 1 aromatic carbocycles. The van der Waals surface area contributed by atoms with Gasteiger partial charge in [-0.2, -0.15) is 10.2 Å². The summed E-state index contributed by atoms with van der Waals surface area (Å²) < 4.78 is 0. The van der Waals surface area contributed by atoms with Crippen molar-refractivity contribution in [3.63, 3.8) is 0 Å². The Morgan fingerprint density at radius 2 is 1.86 bits per heavy atom. The van der Waals surface area contributed by atoms with Crippen LogP contribution < -0.4 is 10.7 Å². The maximum atomic E-state index is 11.0. The van der Waals surface area contributed by atoms with Crippen LogP contribution in [0.15, 0.2) is 33.4 Å². The van der Waals surface area contributed by atoms with Crippen LogP contribution in [0.3, 0.4) is 0 Å². The van der Waals surface area contributed by atoms with Crippen LogP contribution in [0.25, 0.3) is 6.08 Å². The third-order valence-electron chi connectivity index (χ3n) is 2.22. The van der Waals surface area contributed by atoms with Gasteiger partial charge >= 0.3 is 0 Å². The minimum absolute atomic E-state index is 0.218. The van der Waals surface area contributed by atoms with E-state index in [1.165, 1.54) is 6.08 Å². The number of carbonyl (C=O) groups excluding carboxylic acids is 1. The SMILES string of the molecule is O=C1C=Cc2c3c(ccc2=N1)=NN=C3. The molecule has 4 nitrogen and oxygen atoms in total. The largest absolute Gasteiger partial charge is 0.270 e. The number of benzene rings is 1. The van der Waals surface area contributed by atoms with Crippen LogP contribution in [0.4, 0.5) is 0 Å². The van der Waals surface area contributed by atoms with E-state index in [2.05, 4.69) is 15.2 Å². The van der Waals surface area contributed by atoms with Crippen molar-refractivity contribution in [2.24, 2.45) is 15.2 Å². The molecule has 1 amide bonds. The first-order valence-electron chi connectivity index (χ1n) is 4.19.